The maximum Gasteiger partial charge on any atom is 0.128 e. The number of ether oxygens (including phenoxy) is 1. The van der Waals surface area contributed by atoms with Gasteiger partial charge in [-0.2, -0.15) is 0 Å². The molecule has 1 atom stereocenters. The third kappa shape index (κ3) is 3.03. The van der Waals surface area contributed by atoms with Gasteiger partial charge in [-0.3, -0.25) is 4.90 Å². The lowest BCUT2D eigenvalue weighted by Crippen LogP contribution is -2.23. The lowest BCUT2D eigenvalue weighted by molar-refractivity contribution is 0.107. The Balaban J connectivity index is 1.99. The fraction of sp³-hybridized carbons (Fsp3) is 0.538. The molecule has 1 aliphatic rings. The van der Waals surface area contributed by atoms with Crippen LogP contribution in [0.5, 0.6) is 0 Å². The minimum absolute atomic E-state index is 0.159. The highest BCUT2D eigenvalue weighted by atomic mass is 19.1. The van der Waals surface area contributed by atoms with Crippen molar-refractivity contribution in [1.29, 1.82) is 0 Å². The zero-order chi connectivity index (χ0) is 12.3. The molecule has 3 nitrogen and oxygen atoms in total. The predicted molar refractivity (Wildman–Crippen MR) is 65.0 cm³/mol. The van der Waals surface area contributed by atoms with Crippen LogP contribution >= 0.6 is 0 Å². The van der Waals surface area contributed by atoms with E-state index in [1.807, 2.05) is 12.1 Å². The van der Waals surface area contributed by atoms with Crippen LogP contribution in [-0.4, -0.2) is 31.2 Å². The Morgan fingerprint density at radius 3 is 2.94 bits per heavy atom. The first kappa shape index (κ1) is 12.5. The quantitative estimate of drug-likeness (QED) is 0.864. The molecule has 2 N–H and O–H groups in total. The number of likely N-dealkylation sites (tertiary alicyclic amines) is 1. The summed E-state index contributed by atoms with van der Waals surface area (Å²) in [6.45, 7) is 2.88. The third-order valence-electron chi connectivity index (χ3n) is 3.31. The Morgan fingerprint density at radius 1 is 1.53 bits per heavy atom. The second-order valence-electron chi connectivity index (χ2n) is 4.51. The molecule has 1 aromatic rings. The number of nitrogens with zero attached hydrogens (tertiary/aromatic N) is 1. The number of nitrogens with two attached hydrogens (primary N) is 1. The number of hydrogen-bond acceptors (Lipinski definition) is 3. The average molecular weight is 238 g/mol. The minimum Gasteiger partial charge on any atom is -0.380 e. The minimum atomic E-state index is -0.159. The van der Waals surface area contributed by atoms with Gasteiger partial charge in [0.25, 0.3) is 0 Å². The Labute approximate surface area is 101 Å². The molecular weight excluding hydrogens is 219 g/mol. The standard InChI is InChI=1S/C13H19FN2O/c1-17-12-4-5-16(9-12)8-11-3-2-10(7-15)6-13(11)14/h2-3,6,12H,4-5,7-9,15H2,1H3. The van der Waals surface area contributed by atoms with Gasteiger partial charge in [-0.25, -0.2) is 4.39 Å². The summed E-state index contributed by atoms with van der Waals surface area (Å²) < 4.78 is 19.0. The van der Waals surface area contributed by atoms with E-state index < -0.39 is 0 Å². The molecule has 0 spiro atoms. The summed E-state index contributed by atoms with van der Waals surface area (Å²) in [5.74, 6) is -0.159. The maximum absolute atomic E-state index is 13.8. The van der Waals surface area contributed by atoms with E-state index in [1.165, 1.54) is 6.07 Å². The molecular formula is C13H19FN2O. The third-order valence-corrected chi connectivity index (χ3v) is 3.31. The van der Waals surface area contributed by atoms with Crippen LogP contribution in [0.1, 0.15) is 17.5 Å². The predicted octanol–water partition coefficient (Wildman–Crippen LogP) is 1.51. The lowest BCUT2D eigenvalue weighted by atomic mass is 10.1. The van der Waals surface area contributed by atoms with E-state index in [1.54, 1.807) is 7.11 Å². The van der Waals surface area contributed by atoms with E-state index in [0.29, 0.717) is 19.2 Å². The molecule has 2 rings (SSSR count). The highest BCUT2D eigenvalue weighted by Crippen LogP contribution is 2.18. The molecule has 0 bridgehead atoms. The molecule has 0 radical (unpaired) electrons. The van der Waals surface area contributed by atoms with E-state index >= 15 is 0 Å². The molecule has 1 aliphatic heterocycles. The van der Waals surface area contributed by atoms with Crippen molar-refractivity contribution < 1.29 is 9.13 Å². The van der Waals surface area contributed by atoms with Crippen molar-refractivity contribution in [2.24, 2.45) is 5.73 Å². The molecule has 0 saturated carbocycles. The van der Waals surface area contributed by atoms with Crippen LogP contribution in [0.3, 0.4) is 0 Å². The van der Waals surface area contributed by atoms with Gasteiger partial charge in [0.15, 0.2) is 0 Å². The normalized spacial score (nSPS) is 21.0. The van der Waals surface area contributed by atoms with Crippen LogP contribution in [0.25, 0.3) is 0 Å². The van der Waals surface area contributed by atoms with Gasteiger partial charge in [0.05, 0.1) is 6.10 Å². The van der Waals surface area contributed by atoms with E-state index in [2.05, 4.69) is 4.90 Å². The fourth-order valence-electron chi connectivity index (χ4n) is 2.22. The van der Waals surface area contributed by atoms with Gasteiger partial charge in [0.2, 0.25) is 0 Å². The van der Waals surface area contributed by atoms with Crippen LogP contribution in [0.4, 0.5) is 4.39 Å². The molecule has 0 aliphatic carbocycles. The monoisotopic (exact) mass is 238 g/mol. The van der Waals surface area contributed by atoms with Crippen LogP contribution in [0.2, 0.25) is 0 Å². The SMILES string of the molecule is COC1CCN(Cc2ccc(CN)cc2F)C1. The highest BCUT2D eigenvalue weighted by Gasteiger charge is 2.22. The van der Waals surface area contributed by atoms with Gasteiger partial charge in [-0.15, -0.1) is 0 Å². The summed E-state index contributed by atoms with van der Waals surface area (Å²) in [5, 5.41) is 0. The largest absolute Gasteiger partial charge is 0.380 e. The molecule has 1 aromatic carbocycles. The first-order valence-corrected chi connectivity index (χ1v) is 5.95. The second kappa shape index (κ2) is 5.58. The fourth-order valence-corrected chi connectivity index (χ4v) is 2.22. The van der Waals surface area contributed by atoms with Gasteiger partial charge >= 0.3 is 0 Å². The van der Waals surface area contributed by atoms with Crippen molar-refractivity contribution in [3.63, 3.8) is 0 Å². The lowest BCUT2D eigenvalue weighted by Gasteiger charge is -2.16. The summed E-state index contributed by atoms with van der Waals surface area (Å²) in [4.78, 5) is 2.22. The topological polar surface area (TPSA) is 38.5 Å². The molecule has 4 heteroatoms. The van der Waals surface area contributed by atoms with Crippen molar-refractivity contribution in [1.82, 2.24) is 4.90 Å². The maximum atomic E-state index is 13.8. The summed E-state index contributed by atoms with van der Waals surface area (Å²) in [5.41, 5.74) is 7.05. The summed E-state index contributed by atoms with van der Waals surface area (Å²) in [6.07, 6.45) is 1.32. The van der Waals surface area contributed by atoms with Gasteiger partial charge in [-0.05, 0) is 18.1 Å². The van der Waals surface area contributed by atoms with Crippen LogP contribution in [0, 0.1) is 5.82 Å². The average Bonchev–Trinajstić information content (AvgIpc) is 2.79. The smallest absolute Gasteiger partial charge is 0.128 e. The second-order valence-corrected chi connectivity index (χ2v) is 4.51. The number of benzene rings is 1. The Hall–Kier alpha value is -0.970. The van der Waals surface area contributed by atoms with Crippen LogP contribution in [0.15, 0.2) is 18.2 Å². The van der Waals surface area contributed by atoms with Gasteiger partial charge < -0.3 is 10.5 Å². The van der Waals surface area contributed by atoms with E-state index in [9.17, 15) is 4.39 Å². The Morgan fingerprint density at radius 2 is 2.35 bits per heavy atom. The van der Waals surface area contributed by atoms with Crippen molar-refractivity contribution in [3.8, 4) is 0 Å². The molecule has 1 fully saturated rings. The molecule has 0 aromatic heterocycles. The summed E-state index contributed by atoms with van der Waals surface area (Å²) in [6, 6.07) is 5.25. The first-order chi connectivity index (χ1) is 8.22. The highest BCUT2D eigenvalue weighted by molar-refractivity contribution is 5.24. The summed E-state index contributed by atoms with van der Waals surface area (Å²) >= 11 is 0. The number of rotatable bonds is 4. The van der Waals surface area contributed by atoms with E-state index in [-0.39, 0.29) is 5.82 Å². The molecule has 1 saturated heterocycles. The van der Waals surface area contributed by atoms with Gasteiger partial charge in [0.1, 0.15) is 5.82 Å². The zero-order valence-corrected chi connectivity index (χ0v) is 10.2. The van der Waals surface area contributed by atoms with Crippen molar-refractivity contribution in [3.05, 3.63) is 35.1 Å². The Kier molecular flexibility index (Phi) is 4.10. The Bertz CT molecular complexity index is 384. The summed E-state index contributed by atoms with van der Waals surface area (Å²) in [7, 11) is 1.73. The number of methoxy groups -OCH3 is 1. The molecule has 17 heavy (non-hydrogen) atoms. The first-order valence-electron chi connectivity index (χ1n) is 5.95. The molecule has 1 unspecified atom stereocenters. The van der Waals surface area contributed by atoms with E-state index in [4.69, 9.17) is 10.5 Å². The molecule has 0 amide bonds. The van der Waals surface area contributed by atoms with Crippen molar-refractivity contribution in [2.75, 3.05) is 20.2 Å². The van der Waals surface area contributed by atoms with Crippen LogP contribution in [-0.2, 0) is 17.8 Å². The van der Waals surface area contributed by atoms with Crippen molar-refractivity contribution in [2.45, 2.75) is 25.6 Å². The number of halogens is 1. The van der Waals surface area contributed by atoms with Gasteiger partial charge in [0, 0.05) is 38.9 Å². The van der Waals surface area contributed by atoms with E-state index in [0.717, 1.165) is 30.6 Å². The molecule has 94 valence electrons. The van der Waals surface area contributed by atoms with Crippen LogP contribution < -0.4 is 5.73 Å². The number of hydrogen-bond donors (Lipinski definition) is 1. The van der Waals surface area contributed by atoms with Crippen molar-refractivity contribution >= 4 is 0 Å². The van der Waals surface area contributed by atoms with Gasteiger partial charge in [-0.1, -0.05) is 12.1 Å². The zero-order valence-electron chi connectivity index (χ0n) is 10.2. The molecule has 1 heterocycles.